The van der Waals surface area contributed by atoms with Gasteiger partial charge in [0, 0.05) is 24.9 Å². The van der Waals surface area contributed by atoms with Gasteiger partial charge in [0.15, 0.2) is 0 Å². The van der Waals surface area contributed by atoms with Crippen molar-refractivity contribution in [2.45, 2.75) is 26.7 Å². The molecule has 0 radical (unpaired) electrons. The zero-order valence-electron chi connectivity index (χ0n) is 9.38. The molecule has 0 unspecified atom stereocenters. The number of hydrogen-bond acceptors (Lipinski definition) is 4. The number of nitrogens with two attached hydrogens (primary N) is 1. The summed E-state index contributed by atoms with van der Waals surface area (Å²) in [7, 11) is 0. The minimum atomic E-state index is -0.346. The summed E-state index contributed by atoms with van der Waals surface area (Å²) in [5.41, 5.74) is 5.82. The second-order valence-electron chi connectivity index (χ2n) is 3.40. The molecule has 0 saturated carbocycles. The van der Waals surface area contributed by atoms with Crippen LogP contribution in [0.1, 0.15) is 24.7 Å². The van der Waals surface area contributed by atoms with Crippen LogP contribution < -0.4 is 11.1 Å². The van der Waals surface area contributed by atoms with E-state index in [1.165, 1.54) is 0 Å². The fraction of sp³-hybridized carbons (Fsp3) is 0.500. The number of aryl methyl sites for hydroxylation is 1. The molecule has 88 valence electrons. The number of rotatable bonds is 5. The highest BCUT2D eigenvalue weighted by Crippen LogP contribution is 2.19. The monoisotopic (exact) mass is 242 g/mol. The summed E-state index contributed by atoms with van der Waals surface area (Å²) in [5.74, 6) is 0.997. The maximum Gasteiger partial charge on any atom is 0.219 e. The molecule has 1 aromatic rings. The molecule has 0 aromatic carbocycles. The van der Waals surface area contributed by atoms with Gasteiger partial charge < -0.3 is 11.1 Å². The van der Waals surface area contributed by atoms with Crippen molar-refractivity contribution < 1.29 is 4.79 Å². The van der Waals surface area contributed by atoms with E-state index < -0.39 is 0 Å². The SMILES string of the molecule is CCc1nc(Cl)c(C)c(NCCC(N)=O)n1. The number of anilines is 1. The second kappa shape index (κ2) is 5.65. The molecule has 0 spiro atoms. The number of nitrogens with one attached hydrogen (secondary N) is 1. The van der Waals surface area contributed by atoms with Gasteiger partial charge in [0.05, 0.1) is 0 Å². The summed E-state index contributed by atoms with van der Waals surface area (Å²) in [6, 6.07) is 0. The average molecular weight is 243 g/mol. The van der Waals surface area contributed by atoms with Crippen LogP contribution in [0.2, 0.25) is 5.15 Å². The van der Waals surface area contributed by atoms with E-state index in [4.69, 9.17) is 17.3 Å². The number of carbonyl (C=O) groups is 1. The smallest absolute Gasteiger partial charge is 0.219 e. The van der Waals surface area contributed by atoms with E-state index in [-0.39, 0.29) is 12.3 Å². The Morgan fingerprint density at radius 1 is 1.50 bits per heavy atom. The summed E-state index contributed by atoms with van der Waals surface area (Å²) < 4.78 is 0. The first-order valence-electron chi connectivity index (χ1n) is 5.09. The standard InChI is InChI=1S/C10H15ClN4O/c1-3-8-14-9(11)6(2)10(15-8)13-5-4-7(12)16/h3-5H2,1-2H3,(H2,12,16)(H,13,14,15). The Balaban J connectivity index is 2.78. The summed E-state index contributed by atoms with van der Waals surface area (Å²) in [4.78, 5) is 19.0. The van der Waals surface area contributed by atoms with Gasteiger partial charge in [-0.15, -0.1) is 0 Å². The lowest BCUT2D eigenvalue weighted by Gasteiger charge is -2.09. The molecule has 6 heteroatoms. The molecule has 0 bridgehead atoms. The van der Waals surface area contributed by atoms with E-state index in [1.54, 1.807) is 0 Å². The molecule has 1 aromatic heterocycles. The van der Waals surface area contributed by atoms with E-state index in [1.807, 2.05) is 13.8 Å². The van der Waals surface area contributed by atoms with E-state index in [2.05, 4.69) is 15.3 Å². The Hall–Kier alpha value is -1.36. The van der Waals surface area contributed by atoms with E-state index in [9.17, 15) is 4.79 Å². The van der Waals surface area contributed by atoms with Crippen LogP contribution in [-0.4, -0.2) is 22.4 Å². The highest BCUT2D eigenvalue weighted by atomic mass is 35.5. The number of amides is 1. The maximum atomic E-state index is 10.6. The van der Waals surface area contributed by atoms with Gasteiger partial charge in [-0.2, -0.15) is 0 Å². The highest BCUT2D eigenvalue weighted by Gasteiger charge is 2.08. The van der Waals surface area contributed by atoms with Gasteiger partial charge in [0.1, 0.15) is 16.8 Å². The number of primary amides is 1. The largest absolute Gasteiger partial charge is 0.370 e. The first kappa shape index (κ1) is 12.7. The second-order valence-corrected chi connectivity index (χ2v) is 3.76. The van der Waals surface area contributed by atoms with Crippen molar-refractivity contribution in [3.63, 3.8) is 0 Å². The molecular weight excluding hydrogens is 228 g/mol. The van der Waals surface area contributed by atoms with Crippen molar-refractivity contribution in [1.29, 1.82) is 0 Å². The Kier molecular flexibility index (Phi) is 4.49. The lowest BCUT2D eigenvalue weighted by Crippen LogP contribution is -2.17. The zero-order valence-corrected chi connectivity index (χ0v) is 10.1. The van der Waals surface area contributed by atoms with E-state index in [0.717, 1.165) is 5.56 Å². The summed E-state index contributed by atoms with van der Waals surface area (Å²) in [6.45, 7) is 4.23. The lowest BCUT2D eigenvalue weighted by atomic mass is 10.3. The fourth-order valence-corrected chi connectivity index (χ4v) is 1.35. The lowest BCUT2D eigenvalue weighted by molar-refractivity contribution is -0.117. The number of hydrogen-bond donors (Lipinski definition) is 2. The van der Waals surface area contributed by atoms with E-state index in [0.29, 0.717) is 29.8 Å². The molecule has 3 N–H and O–H groups in total. The first-order chi connectivity index (χ1) is 7.54. The highest BCUT2D eigenvalue weighted by molar-refractivity contribution is 6.30. The Morgan fingerprint density at radius 3 is 2.75 bits per heavy atom. The summed E-state index contributed by atoms with van der Waals surface area (Å²) in [6.07, 6.45) is 0.979. The quantitative estimate of drug-likeness (QED) is 0.763. The first-order valence-corrected chi connectivity index (χ1v) is 5.47. The third-order valence-electron chi connectivity index (χ3n) is 2.11. The number of aromatic nitrogens is 2. The third-order valence-corrected chi connectivity index (χ3v) is 2.48. The normalized spacial score (nSPS) is 10.2. The van der Waals surface area contributed by atoms with Crippen molar-refractivity contribution in [3.05, 3.63) is 16.5 Å². The molecule has 1 amide bonds. The fourth-order valence-electron chi connectivity index (χ4n) is 1.17. The van der Waals surface area contributed by atoms with Crippen LogP contribution in [0.15, 0.2) is 0 Å². The molecule has 16 heavy (non-hydrogen) atoms. The minimum absolute atomic E-state index is 0.266. The predicted octanol–water partition coefficient (Wildman–Crippen LogP) is 1.29. The number of carbonyl (C=O) groups excluding carboxylic acids is 1. The number of nitrogens with zero attached hydrogens (tertiary/aromatic N) is 2. The van der Waals surface area contributed by atoms with Crippen molar-refractivity contribution in [1.82, 2.24) is 9.97 Å². The summed E-state index contributed by atoms with van der Waals surface area (Å²) >= 11 is 5.96. The van der Waals surface area contributed by atoms with Crippen LogP contribution >= 0.6 is 11.6 Å². The zero-order chi connectivity index (χ0) is 12.1. The van der Waals surface area contributed by atoms with Crippen LogP contribution in [0.5, 0.6) is 0 Å². The van der Waals surface area contributed by atoms with Crippen molar-refractivity contribution in [2.24, 2.45) is 5.73 Å². The van der Waals surface area contributed by atoms with Crippen LogP contribution in [0.4, 0.5) is 5.82 Å². The molecule has 0 aliphatic rings. The van der Waals surface area contributed by atoms with Crippen LogP contribution in [0.25, 0.3) is 0 Å². The van der Waals surface area contributed by atoms with E-state index >= 15 is 0 Å². The molecule has 0 fully saturated rings. The van der Waals surface area contributed by atoms with Gasteiger partial charge >= 0.3 is 0 Å². The van der Waals surface area contributed by atoms with Gasteiger partial charge in [0.2, 0.25) is 5.91 Å². The predicted molar refractivity (Wildman–Crippen MR) is 63.5 cm³/mol. The van der Waals surface area contributed by atoms with Crippen molar-refractivity contribution >= 4 is 23.3 Å². The number of halogens is 1. The Morgan fingerprint density at radius 2 is 2.19 bits per heavy atom. The molecule has 1 rings (SSSR count). The molecule has 1 heterocycles. The molecule has 0 atom stereocenters. The molecule has 5 nitrogen and oxygen atoms in total. The van der Waals surface area contributed by atoms with Gasteiger partial charge in [0.25, 0.3) is 0 Å². The average Bonchev–Trinajstić information content (AvgIpc) is 2.23. The van der Waals surface area contributed by atoms with Gasteiger partial charge in [-0.1, -0.05) is 18.5 Å². The molecular formula is C10H15ClN4O. The van der Waals surface area contributed by atoms with Crippen LogP contribution in [0, 0.1) is 6.92 Å². The Bertz CT molecular complexity index is 395. The van der Waals surface area contributed by atoms with Gasteiger partial charge in [-0.05, 0) is 6.92 Å². The van der Waals surface area contributed by atoms with Gasteiger partial charge in [-0.25, -0.2) is 9.97 Å². The minimum Gasteiger partial charge on any atom is -0.370 e. The molecule has 0 aliphatic carbocycles. The Labute approximate surface area is 99.4 Å². The van der Waals surface area contributed by atoms with Crippen molar-refractivity contribution in [3.8, 4) is 0 Å². The third kappa shape index (κ3) is 3.34. The summed E-state index contributed by atoms with van der Waals surface area (Å²) in [5, 5.41) is 3.46. The topological polar surface area (TPSA) is 80.9 Å². The van der Waals surface area contributed by atoms with Gasteiger partial charge in [-0.3, -0.25) is 4.79 Å². The van der Waals surface area contributed by atoms with Crippen LogP contribution in [0.3, 0.4) is 0 Å². The van der Waals surface area contributed by atoms with Crippen LogP contribution in [-0.2, 0) is 11.2 Å². The maximum absolute atomic E-state index is 10.6. The molecule has 0 aliphatic heterocycles. The molecule has 0 saturated heterocycles. The van der Waals surface area contributed by atoms with Crippen molar-refractivity contribution in [2.75, 3.05) is 11.9 Å².